The quantitative estimate of drug-likeness (QED) is 0.775. The lowest BCUT2D eigenvalue weighted by atomic mass is 10.1. The van der Waals surface area contributed by atoms with Crippen molar-refractivity contribution in [3.8, 4) is 5.75 Å². The number of phenols is 1. The van der Waals surface area contributed by atoms with Gasteiger partial charge < -0.3 is 15.5 Å². The van der Waals surface area contributed by atoms with Crippen LogP contribution in [0.2, 0.25) is 0 Å². The average Bonchev–Trinajstić information content (AvgIpc) is 2.13. The minimum atomic E-state index is -0.546. The van der Waals surface area contributed by atoms with Gasteiger partial charge in [0.25, 0.3) is 0 Å². The van der Waals surface area contributed by atoms with Gasteiger partial charge in [-0.15, -0.1) is 0 Å². The zero-order chi connectivity index (χ0) is 10.7. The van der Waals surface area contributed by atoms with E-state index in [0.29, 0.717) is 11.0 Å². The first kappa shape index (κ1) is 11.5. The Morgan fingerprint density at radius 1 is 1.50 bits per heavy atom. The molecule has 0 spiro atoms. The first-order valence-corrected chi connectivity index (χ1v) is 5.17. The number of nitrogens with one attached hydrogen (secondary N) is 1. The molecule has 78 valence electrons. The van der Waals surface area contributed by atoms with Crippen LogP contribution in [0.5, 0.6) is 5.75 Å². The van der Waals surface area contributed by atoms with Gasteiger partial charge in [0.15, 0.2) is 0 Å². The number of aromatic hydroxyl groups is 1. The van der Waals surface area contributed by atoms with Crippen molar-refractivity contribution < 1.29 is 10.2 Å². The molecular weight excluding hydrogens is 246 g/mol. The predicted molar refractivity (Wildman–Crippen MR) is 59.4 cm³/mol. The second-order valence-corrected chi connectivity index (χ2v) is 4.10. The van der Waals surface area contributed by atoms with Gasteiger partial charge in [-0.1, -0.05) is 0 Å². The fourth-order valence-corrected chi connectivity index (χ4v) is 1.84. The fraction of sp³-hybridized carbons (Fsp3) is 0.400. The largest absolute Gasteiger partial charge is 0.506 e. The smallest absolute Gasteiger partial charge is 0.132 e. The van der Waals surface area contributed by atoms with Crippen LogP contribution in [0.15, 0.2) is 16.6 Å². The first-order chi connectivity index (χ1) is 6.56. The van der Waals surface area contributed by atoms with Crippen molar-refractivity contribution >= 4 is 15.9 Å². The topological polar surface area (TPSA) is 52.5 Å². The zero-order valence-electron chi connectivity index (χ0n) is 8.21. The van der Waals surface area contributed by atoms with Crippen LogP contribution in [-0.4, -0.2) is 23.8 Å². The standard InChI is InChI=1S/C10H14BrNO2/c1-6-3-7(9(13)5-12-2)4-8(11)10(6)14/h3-4,9,12-14H,5H2,1-2H3. The highest BCUT2D eigenvalue weighted by molar-refractivity contribution is 9.10. The van der Waals surface area contributed by atoms with Gasteiger partial charge in [-0.25, -0.2) is 0 Å². The molecular formula is C10H14BrNO2. The van der Waals surface area contributed by atoms with Crippen LogP contribution in [0.25, 0.3) is 0 Å². The highest BCUT2D eigenvalue weighted by atomic mass is 79.9. The number of phenolic OH excluding ortho intramolecular Hbond substituents is 1. The Hall–Kier alpha value is -0.580. The van der Waals surface area contributed by atoms with Crippen LogP contribution in [0, 0.1) is 6.92 Å². The number of hydrogen-bond acceptors (Lipinski definition) is 3. The van der Waals surface area contributed by atoms with Gasteiger partial charge in [0, 0.05) is 6.54 Å². The van der Waals surface area contributed by atoms with E-state index in [1.807, 2.05) is 0 Å². The third-order valence-electron chi connectivity index (χ3n) is 2.06. The second-order valence-electron chi connectivity index (χ2n) is 3.24. The maximum Gasteiger partial charge on any atom is 0.132 e. The molecule has 0 radical (unpaired) electrons. The number of aliphatic hydroxyl groups excluding tert-OH is 1. The van der Waals surface area contributed by atoms with E-state index in [1.165, 1.54) is 0 Å². The summed E-state index contributed by atoms with van der Waals surface area (Å²) in [5, 5.41) is 22.1. The summed E-state index contributed by atoms with van der Waals surface area (Å²) in [5.41, 5.74) is 1.55. The van der Waals surface area contributed by atoms with Crippen molar-refractivity contribution in [1.82, 2.24) is 5.32 Å². The van der Waals surface area contributed by atoms with Crippen molar-refractivity contribution in [3.05, 3.63) is 27.7 Å². The van der Waals surface area contributed by atoms with Crippen LogP contribution < -0.4 is 5.32 Å². The summed E-state index contributed by atoms with van der Waals surface area (Å²) in [6.45, 7) is 2.30. The normalized spacial score (nSPS) is 12.9. The summed E-state index contributed by atoms with van der Waals surface area (Å²) >= 11 is 3.23. The third-order valence-corrected chi connectivity index (χ3v) is 2.66. The van der Waals surface area contributed by atoms with E-state index >= 15 is 0 Å². The number of halogens is 1. The SMILES string of the molecule is CNCC(O)c1cc(C)c(O)c(Br)c1. The Balaban J connectivity index is 3.00. The number of likely N-dealkylation sites (N-methyl/N-ethyl adjacent to an activating group) is 1. The minimum absolute atomic E-state index is 0.227. The number of benzene rings is 1. The molecule has 0 heterocycles. The second kappa shape index (κ2) is 4.77. The molecule has 1 aromatic rings. The number of hydrogen-bond donors (Lipinski definition) is 3. The monoisotopic (exact) mass is 259 g/mol. The molecule has 3 N–H and O–H groups in total. The Morgan fingerprint density at radius 3 is 2.64 bits per heavy atom. The molecule has 14 heavy (non-hydrogen) atoms. The van der Waals surface area contributed by atoms with Gasteiger partial charge in [-0.05, 0) is 53.2 Å². The highest BCUT2D eigenvalue weighted by Gasteiger charge is 2.10. The lowest BCUT2D eigenvalue weighted by Gasteiger charge is -2.12. The van der Waals surface area contributed by atoms with Gasteiger partial charge in [-0.2, -0.15) is 0 Å². The van der Waals surface area contributed by atoms with E-state index in [9.17, 15) is 10.2 Å². The van der Waals surface area contributed by atoms with Crippen molar-refractivity contribution in [2.75, 3.05) is 13.6 Å². The van der Waals surface area contributed by atoms with Crippen LogP contribution >= 0.6 is 15.9 Å². The van der Waals surface area contributed by atoms with Crippen molar-refractivity contribution in [1.29, 1.82) is 0 Å². The van der Waals surface area contributed by atoms with E-state index in [0.717, 1.165) is 11.1 Å². The van der Waals surface area contributed by atoms with Crippen LogP contribution in [-0.2, 0) is 0 Å². The summed E-state index contributed by atoms with van der Waals surface area (Å²) < 4.78 is 0.614. The Labute approximate surface area is 91.9 Å². The van der Waals surface area contributed by atoms with E-state index in [2.05, 4.69) is 21.2 Å². The van der Waals surface area contributed by atoms with Crippen LogP contribution in [0.3, 0.4) is 0 Å². The van der Waals surface area contributed by atoms with Gasteiger partial charge >= 0.3 is 0 Å². The Morgan fingerprint density at radius 2 is 2.14 bits per heavy atom. The maximum atomic E-state index is 9.70. The van der Waals surface area contributed by atoms with Crippen LogP contribution in [0.4, 0.5) is 0 Å². The molecule has 0 aliphatic heterocycles. The lowest BCUT2D eigenvalue weighted by molar-refractivity contribution is 0.177. The molecule has 1 rings (SSSR count). The zero-order valence-corrected chi connectivity index (χ0v) is 9.80. The summed E-state index contributed by atoms with van der Waals surface area (Å²) in [7, 11) is 1.78. The fourth-order valence-electron chi connectivity index (χ4n) is 1.27. The van der Waals surface area contributed by atoms with Crippen LogP contribution in [0.1, 0.15) is 17.2 Å². The highest BCUT2D eigenvalue weighted by Crippen LogP contribution is 2.30. The lowest BCUT2D eigenvalue weighted by Crippen LogP contribution is -2.16. The summed E-state index contributed by atoms with van der Waals surface area (Å²) in [6, 6.07) is 3.51. The summed E-state index contributed by atoms with van der Waals surface area (Å²) in [6.07, 6.45) is -0.546. The first-order valence-electron chi connectivity index (χ1n) is 4.38. The average molecular weight is 260 g/mol. The summed E-state index contributed by atoms with van der Waals surface area (Å²) in [5.74, 6) is 0.227. The number of rotatable bonds is 3. The van der Waals surface area contributed by atoms with Crippen molar-refractivity contribution in [2.45, 2.75) is 13.0 Å². The van der Waals surface area contributed by atoms with E-state index in [1.54, 1.807) is 26.1 Å². The predicted octanol–water partition coefficient (Wildman–Crippen LogP) is 1.72. The molecule has 0 bridgehead atoms. The molecule has 0 aliphatic rings. The number of aliphatic hydroxyl groups is 1. The molecule has 1 aromatic carbocycles. The van der Waals surface area contributed by atoms with Gasteiger partial charge in [-0.3, -0.25) is 0 Å². The number of aryl methyl sites for hydroxylation is 1. The van der Waals surface area contributed by atoms with Gasteiger partial charge in [0.05, 0.1) is 10.6 Å². The van der Waals surface area contributed by atoms with E-state index in [4.69, 9.17) is 0 Å². The molecule has 0 saturated carbocycles. The Bertz CT molecular complexity index is 305. The molecule has 0 saturated heterocycles. The summed E-state index contributed by atoms with van der Waals surface area (Å²) in [4.78, 5) is 0. The van der Waals surface area contributed by atoms with E-state index < -0.39 is 6.10 Å². The minimum Gasteiger partial charge on any atom is -0.506 e. The Kier molecular flexibility index (Phi) is 3.92. The van der Waals surface area contributed by atoms with E-state index in [-0.39, 0.29) is 5.75 Å². The molecule has 0 aliphatic carbocycles. The molecule has 3 nitrogen and oxygen atoms in total. The molecule has 0 aromatic heterocycles. The third kappa shape index (κ3) is 2.47. The molecule has 1 unspecified atom stereocenters. The molecule has 0 fully saturated rings. The van der Waals surface area contributed by atoms with Gasteiger partial charge in [0.1, 0.15) is 5.75 Å². The molecule has 1 atom stereocenters. The van der Waals surface area contributed by atoms with Gasteiger partial charge in [0.2, 0.25) is 0 Å². The maximum absolute atomic E-state index is 9.70. The van der Waals surface area contributed by atoms with Crippen molar-refractivity contribution in [3.63, 3.8) is 0 Å². The molecule has 4 heteroatoms. The van der Waals surface area contributed by atoms with Crippen molar-refractivity contribution in [2.24, 2.45) is 0 Å². The molecule has 0 amide bonds.